The second kappa shape index (κ2) is 13.5. The summed E-state index contributed by atoms with van der Waals surface area (Å²) in [5.41, 5.74) is 13.4. The van der Waals surface area contributed by atoms with Gasteiger partial charge in [-0.1, -0.05) is 182 Å². The maximum absolute atomic E-state index is 7.11. The lowest BCUT2D eigenvalue weighted by atomic mass is 9.66. The fourth-order valence-corrected chi connectivity index (χ4v) is 9.34. The number of hydrogen-bond donors (Lipinski definition) is 0. The quantitative estimate of drug-likeness (QED) is 0.175. The number of nitrogens with zero attached hydrogens (tertiary/aromatic N) is 4. The van der Waals surface area contributed by atoms with Crippen molar-refractivity contribution < 1.29 is 4.74 Å². The van der Waals surface area contributed by atoms with Crippen molar-refractivity contribution in [2.75, 3.05) is 0 Å². The van der Waals surface area contributed by atoms with Gasteiger partial charge in [0.05, 0.1) is 11.1 Å². The third-order valence-corrected chi connectivity index (χ3v) is 12.1. The van der Waals surface area contributed by atoms with E-state index in [4.69, 9.17) is 24.7 Å². The first-order valence-electron chi connectivity index (χ1n) is 20.2. The van der Waals surface area contributed by atoms with Gasteiger partial charge in [-0.2, -0.15) is 0 Å². The zero-order valence-electron chi connectivity index (χ0n) is 32.3. The Morgan fingerprint density at radius 1 is 0.350 bits per heavy atom. The minimum atomic E-state index is -0.611. The molecule has 12 rings (SSSR count). The normalized spacial score (nSPS) is 12.9. The first-order valence-corrected chi connectivity index (χ1v) is 20.2. The van der Waals surface area contributed by atoms with Gasteiger partial charge in [0.15, 0.2) is 17.5 Å². The summed E-state index contributed by atoms with van der Waals surface area (Å²) in [5, 5.41) is 2.31. The Bertz CT molecular complexity index is 3180. The highest BCUT2D eigenvalue weighted by atomic mass is 16.5. The topological polar surface area (TPSA) is 60.8 Å². The van der Waals surface area contributed by atoms with E-state index in [-0.39, 0.29) is 0 Å². The summed E-state index contributed by atoms with van der Waals surface area (Å²) < 4.78 is 7.11. The van der Waals surface area contributed by atoms with Crippen LogP contribution >= 0.6 is 0 Å². The highest BCUT2D eigenvalue weighted by Gasteiger charge is 2.51. The maximum atomic E-state index is 7.11. The number of benzene rings is 8. The van der Waals surface area contributed by atoms with Gasteiger partial charge < -0.3 is 4.74 Å². The van der Waals surface area contributed by atoms with Gasteiger partial charge in [-0.15, -0.1) is 0 Å². The summed E-state index contributed by atoms with van der Waals surface area (Å²) in [7, 11) is 0. The molecule has 0 radical (unpaired) electrons. The smallest absolute Gasteiger partial charge is 0.164 e. The Labute approximate surface area is 347 Å². The third-order valence-electron chi connectivity index (χ3n) is 12.1. The van der Waals surface area contributed by atoms with Crippen LogP contribution in [0.5, 0.6) is 11.5 Å². The van der Waals surface area contributed by atoms with E-state index >= 15 is 0 Å². The molecule has 0 fully saturated rings. The van der Waals surface area contributed by atoms with Crippen molar-refractivity contribution >= 4 is 10.8 Å². The van der Waals surface area contributed by atoms with E-state index in [0.717, 1.165) is 67.1 Å². The van der Waals surface area contributed by atoms with E-state index in [1.54, 1.807) is 0 Å². The standard InChI is InChI=1S/C55H34N4O/c1-3-14-38(15-4-1)52-57-53(39-16-5-2-6-17-39)59-54(58-52)41-28-30-48-50(34-41)60-49-33-40(35-23-25-37(26-24-35)51-42-18-8-7-13-36(42)31-32-56-51)27-29-47(49)55(48)45-21-11-9-19-43(45)44-20-10-12-22-46(44)55/h1-34H. The van der Waals surface area contributed by atoms with Crippen molar-refractivity contribution in [3.05, 3.63) is 229 Å². The van der Waals surface area contributed by atoms with Crippen LogP contribution in [0.1, 0.15) is 22.3 Å². The molecular formula is C55H34N4O. The van der Waals surface area contributed by atoms with Crippen LogP contribution in [0.2, 0.25) is 0 Å². The number of fused-ring (bicyclic) bond motifs is 10. The molecule has 2 aliphatic rings. The summed E-state index contributed by atoms with van der Waals surface area (Å²) in [5.74, 6) is 3.39. The molecule has 280 valence electrons. The molecule has 0 N–H and O–H groups in total. The monoisotopic (exact) mass is 766 g/mol. The fraction of sp³-hybridized carbons (Fsp3) is 0.0182. The fourth-order valence-electron chi connectivity index (χ4n) is 9.34. The number of ether oxygens (including phenoxy) is 1. The van der Waals surface area contributed by atoms with Gasteiger partial charge >= 0.3 is 0 Å². The van der Waals surface area contributed by atoms with Gasteiger partial charge in [0.25, 0.3) is 0 Å². The highest BCUT2D eigenvalue weighted by Crippen LogP contribution is 2.62. The van der Waals surface area contributed by atoms with E-state index in [2.05, 4.69) is 140 Å². The lowest BCUT2D eigenvalue weighted by Crippen LogP contribution is -2.32. The maximum Gasteiger partial charge on any atom is 0.164 e. The van der Waals surface area contributed by atoms with Gasteiger partial charge in [-0.25, -0.2) is 15.0 Å². The second-order valence-corrected chi connectivity index (χ2v) is 15.4. The predicted molar refractivity (Wildman–Crippen MR) is 240 cm³/mol. The molecule has 5 nitrogen and oxygen atoms in total. The van der Waals surface area contributed by atoms with Gasteiger partial charge in [0.2, 0.25) is 0 Å². The molecule has 0 saturated carbocycles. The van der Waals surface area contributed by atoms with Crippen molar-refractivity contribution in [2.45, 2.75) is 5.41 Å². The van der Waals surface area contributed by atoms with E-state index in [1.165, 1.54) is 27.6 Å². The molecule has 1 aliphatic carbocycles. The Kier molecular flexibility index (Phi) is 7.69. The van der Waals surface area contributed by atoms with Crippen LogP contribution in [0.25, 0.3) is 78.4 Å². The molecule has 0 saturated heterocycles. The van der Waals surface area contributed by atoms with Crippen LogP contribution in [0.4, 0.5) is 0 Å². The van der Waals surface area contributed by atoms with Crippen LogP contribution < -0.4 is 4.74 Å². The molecule has 0 amide bonds. The number of rotatable bonds is 5. The molecule has 10 aromatic rings. The van der Waals surface area contributed by atoms with Crippen LogP contribution in [-0.2, 0) is 5.41 Å². The minimum absolute atomic E-state index is 0.579. The van der Waals surface area contributed by atoms with Crippen LogP contribution in [0.3, 0.4) is 0 Å². The average Bonchev–Trinajstić information content (AvgIpc) is 3.62. The van der Waals surface area contributed by atoms with Crippen molar-refractivity contribution in [1.82, 2.24) is 19.9 Å². The van der Waals surface area contributed by atoms with Gasteiger partial charge in [0, 0.05) is 45.0 Å². The summed E-state index contributed by atoms with van der Waals surface area (Å²) in [6.45, 7) is 0. The van der Waals surface area contributed by atoms with E-state index in [9.17, 15) is 0 Å². The minimum Gasteiger partial charge on any atom is -0.457 e. The Hall–Kier alpha value is -8.02. The highest BCUT2D eigenvalue weighted by molar-refractivity contribution is 5.95. The van der Waals surface area contributed by atoms with Crippen LogP contribution in [0.15, 0.2) is 206 Å². The summed E-state index contributed by atoms with van der Waals surface area (Å²) >= 11 is 0. The van der Waals surface area contributed by atoms with Gasteiger partial charge in [0.1, 0.15) is 11.5 Å². The van der Waals surface area contributed by atoms with Crippen LogP contribution in [0, 0.1) is 0 Å². The van der Waals surface area contributed by atoms with Gasteiger partial charge in [-0.3, -0.25) is 4.98 Å². The van der Waals surface area contributed by atoms with Crippen molar-refractivity contribution in [1.29, 1.82) is 0 Å². The number of pyridine rings is 1. The molecule has 1 spiro atoms. The molecule has 0 unspecified atom stereocenters. The zero-order valence-corrected chi connectivity index (χ0v) is 32.3. The zero-order chi connectivity index (χ0) is 39.6. The third kappa shape index (κ3) is 5.26. The Balaban J connectivity index is 1.03. The average molecular weight is 767 g/mol. The molecule has 1 aliphatic heterocycles. The Morgan fingerprint density at radius 2 is 0.833 bits per heavy atom. The molecular weight excluding hydrogens is 733 g/mol. The van der Waals surface area contributed by atoms with Gasteiger partial charge in [-0.05, 0) is 57.0 Å². The molecule has 60 heavy (non-hydrogen) atoms. The lowest BCUT2D eigenvalue weighted by molar-refractivity contribution is 0.437. The first-order chi connectivity index (χ1) is 29.7. The molecule has 0 bridgehead atoms. The number of hydrogen-bond acceptors (Lipinski definition) is 5. The van der Waals surface area contributed by atoms with Crippen molar-refractivity contribution in [2.24, 2.45) is 0 Å². The molecule has 3 heterocycles. The summed E-state index contributed by atoms with van der Waals surface area (Å²) in [6.07, 6.45) is 1.88. The molecule has 8 aromatic carbocycles. The summed E-state index contributed by atoms with van der Waals surface area (Å²) in [6, 6.07) is 70.1. The molecule has 2 aromatic heterocycles. The Morgan fingerprint density at radius 3 is 1.47 bits per heavy atom. The SMILES string of the molecule is c1ccc(-c2nc(-c3ccccc3)nc(-c3ccc4c(c3)Oc3cc(-c5ccc(-c6nccc7ccccc67)cc5)ccc3C43c4ccccc4-c4ccccc43)n2)cc1. The molecule has 0 atom stereocenters. The van der Waals surface area contributed by atoms with E-state index in [1.807, 2.05) is 66.9 Å². The number of aromatic nitrogens is 4. The van der Waals surface area contributed by atoms with E-state index in [0.29, 0.717) is 17.5 Å². The first kappa shape index (κ1) is 34.1. The molecule has 5 heteroatoms. The lowest BCUT2D eigenvalue weighted by Gasteiger charge is -2.39. The van der Waals surface area contributed by atoms with Crippen molar-refractivity contribution in [3.8, 4) is 79.2 Å². The van der Waals surface area contributed by atoms with Crippen LogP contribution in [-0.4, -0.2) is 19.9 Å². The second-order valence-electron chi connectivity index (χ2n) is 15.4. The van der Waals surface area contributed by atoms with Crippen molar-refractivity contribution in [3.63, 3.8) is 0 Å². The van der Waals surface area contributed by atoms with E-state index < -0.39 is 5.41 Å². The predicted octanol–water partition coefficient (Wildman–Crippen LogP) is 13.2. The largest absolute Gasteiger partial charge is 0.457 e. The summed E-state index contributed by atoms with van der Waals surface area (Å²) in [4.78, 5) is 19.9.